The average molecular weight is 294 g/mol. The topological polar surface area (TPSA) is 59.6 Å². The first-order valence-electron chi connectivity index (χ1n) is 7.40. The van der Waals surface area contributed by atoms with Gasteiger partial charge in [0.15, 0.2) is 11.5 Å². The molecule has 2 atom stereocenters. The summed E-state index contributed by atoms with van der Waals surface area (Å²) >= 11 is 0. The number of benzene rings is 1. The monoisotopic (exact) mass is 294 g/mol. The lowest BCUT2D eigenvalue weighted by molar-refractivity contribution is -0.122. The first-order chi connectivity index (χ1) is 10.0. The van der Waals surface area contributed by atoms with Gasteiger partial charge < -0.3 is 14.8 Å². The van der Waals surface area contributed by atoms with Crippen LogP contribution in [-0.2, 0) is 4.79 Å². The van der Waals surface area contributed by atoms with Crippen LogP contribution in [0, 0.1) is 0 Å². The Morgan fingerprint density at radius 3 is 2.33 bits per heavy atom. The fraction of sp³-hybridized carbons (Fsp3) is 0.562. The van der Waals surface area contributed by atoms with Crippen LogP contribution < -0.4 is 20.1 Å². The quantitative estimate of drug-likeness (QED) is 0.772. The second-order valence-corrected chi connectivity index (χ2v) is 4.80. The Balaban J connectivity index is 2.86. The molecule has 0 aromatic heterocycles. The molecule has 0 aliphatic carbocycles. The highest BCUT2D eigenvalue weighted by molar-refractivity contribution is 5.80. The molecule has 0 saturated carbocycles. The summed E-state index contributed by atoms with van der Waals surface area (Å²) < 4.78 is 11.2. The number of carbonyl (C=O) groups excluding carboxylic acids is 1. The maximum atomic E-state index is 11.6. The van der Waals surface area contributed by atoms with E-state index in [1.807, 2.05) is 45.9 Å². The van der Waals surface area contributed by atoms with E-state index in [4.69, 9.17) is 9.47 Å². The smallest absolute Gasteiger partial charge is 0.236 e. The third kappa shape index (κ3) is 4.93. The van der Waals surface area contributed by atoms with E-state index >= 15 is 0 Å². The lowest BCUT2D eigenvalue weighted by Gasteiger charge is -2.20. The van der Waals surface area contributed by atoms with Gasteiger partial charge in [0.1, 0.15) is 0 Å². The summed E-state index contributed by atoms with van der Waals surface area (Å²) in [5.74, 6) is 1.45. The van der Waals surface area contributed by atoms with Gasteiger partial charge in [-0.15, -0.1) is 0 Å². The Bertz CT molecular complexity index is 463. The molecule has 0 aliphatic rings. The van der Waals surface area contributed by atoms with Crippen LogP contribution >= 0.6 is 0 Å². The molecule has 0 spiro atoms. The molecule has 0 saturated heterocycles. The van der Waals surface area contributed by atoms with Crippen molar-refractivity contribution in [3.63, 3.8) is 0 Å². The predicted octanol–water partition coefficient (Wildman–Crippen LogP) is 2.27. The number of hydrogen-bond donors (Lipinski definition) is 2. The van der Waals surface area contributed by atoms with E-state index in [9.17, 15) is 4.79 Å². The first-order valence-corrected chi connectivity index (χ1v) is 7.40. The van der Waals surface area contributed by atoms with Gasteiger partial charge in [-0.25, -0.2) is 0 Å². The van der Waals surface area contributed by atoms with Crippen molar-refractivity contribution in [1.29, 1.82) is 0 Å². The highest BCUT2D eigenvalue weighted by Crippen LogP contribution is 2.30. The van der Waals surface area contributed by atoms with Gasteiger partial charge >= 0.3 is 0 Å². The summed E-state index contributed by atoms with van der Waals surface area (Å²) in [5, 5.41) is 5.89. The minimum atomic E-state index is -0.257. The summed E-state index contributed by atoms with van der Waals surface area (Å²) in [6, 6.07) is 5.64. The number of likely N-dealkylation sites (N-methyl/N-ethyl adjacent to an activating group) is 1. The zero-order valence-corrected chi connectivity index (χ0v) is 13.5. The van der Waals surface area contributed by atoms with Crippen molar-refractivity contribution in [3.8, 4) is 11.5 Å². The van der Waals surface area contributed by atoms with Gasteiger partial charge in [-0.1, -0.05) is 6.07 Å². The van der Waals surface area contributed by atoms with Crippen LogP contribution in [0.3, 0.4) is 0 Å². The number of rotatable bonds is 8. The average Bonchev–Trinajstić information content (AvgIpc) is 2.48. The zero-order chi connectivity index (χ0) is 15.8. The summed E-state index contributed by atoms with van der Waals surface area (Å²) in [4.78, 5) is 11.6. The summed E-state index contributed by atoms with van der Waals surface area (Å²) in [5.41, 5.74) is 1.05. The third-order valence-corrected chi connectivity index (χ3v) is 3.21. The highest BCUT2D eigenvalue weighted by Gasteiger charge is 2.16. The Labute approximate surface area is 127 Å². The number of amides is 1. The first kappa shape index (κ1) is 17.3. The van der Waals surface area contributed by atoms with E-state index < -0.39 is 0 Å². The Morgan fingerprint density at radius 2 is 1.76 bits per heavy atom. The second-order valence-electron chi connectivity index (χ2n) is 4.80. The van der Waals surface area contributed by atoms with Gasteiger partial charge in [-0.05, 0) is 45.4 Å². The molecule has 1 rings (SSSR count). The van der Waals surface area contributed by atoms with Crippen molar-refractivity contribution in [1.82, 2.24) is 10.6 Å². The van der Waals surface area contributed by atoms with E-state index in [1.54, 1.807) is 7.05 Å². The molecule has 118 valence electrons. The van der Waals surface area contributed by atoms with Gasteiger partial charge in [0.25, 0.3) is 0 Å². The molecule has 1 aromatic rings. The van der Waals surface area contributed by atoms with Gasteiger partial charge in [0.05, 0.1) is 19.3 Å². The minimum absolute atomic E-state index is 0.0298. The molecule has 0 bridgehead atoms. The minimum Gasteiger partial charge on any atom is -0.490 e. The fourth-order valence-corrected chi connectivity index (χ4v) is 2.10. The Morgan fingerprint density at radius 1 is 1.14 bits per heavy atom. The molecule has 5 nitrogen and oxygen atoms in total. The van der Waals surface area contributed by atoms with Crippen molar-refractivity contribution in [2.24, 2.45) is 0 Å². The van der Waals surface area contributed by atoms with E-state index in [2.05, 4.69) is 10.6 Å². The SMILES string of the molecule is CCOc1ccc([C@H](C)N[C@H](C)C(=O)NC)cc1OCC. The molecule has 2 N–H and O–H groups in total. The van der Waals surface area contributed by atoms with Crippen molar-refractivity contribution in [2.45, 2.75) is 39.8 Å². The summed E-state index contributed by atoms with van der Waals surface area (Å²) in [7, 11) is 1.63. The fourth-order valence-electron chi connectivity index (χ4n) is 2.10. The van der Waals surface area contributed by atoms with Gasteiger partial charge in [-0.2, -0.15) is 0 Å². The molecular formula is C16H26N2O3. The lowest BCUT2D eigenvalue weighted by Crippen LogP contribution is -2.41. The van der Waals surface area contributed by atoms with Crippen LogP contribution in [0.4, 0.5) is 0 Å². The molecule has 5 heteroatoms. The molecule has 21 heavy (non-hydrogen) atoms. The molecular weight excluding hydrogens is 268 g/mol. The predicted molar refractivity (Wildman–Crippen MR) is 83.9 cm³/mol. The van der Waals surface area contributed by atoms with E-state index in [0.717, 1.165) is 17.1 Å². The van der Waals surface area contributed by atoms with Crippen molar-refractivity contribution >= 4 is 5.91 Å². The number of ether oxygens (including phenoxy) is 2. The van der Waals surface area contributed by atoms with Crippen molar-refractivity contribution in [2.75, 3.05) is 20.3 Å². The molecule has 0 aliphatic heterocycles. The largest absolute Gasteiger partial charge is 0.490 e. The molecule has 1 aromatic carbocycles. The molecule has 0 radical (unpaired) electrons. The van der Waals surface area contributed by atoms with Crippen LogP contribution in [-0.4, -0.2) is 32.2 Å². The van der Waals surface area contributed by atoms with E-state index in [1.165, 1.54) is 0 Å². The van der Waals surface area contributed by atoms with Crippen molar-refractivity contribution in [3.05, 3.63) is 23.8 Å². The van der Waals surface area contributed by atoms with Crippen LogP contribution in [0.25, 0.3) is 0 Å². The molecule has 0 fully saturated rings. The summed E-state index contributed by atoms with van der Waals surface area (Å²) in [6.45, 7) is 8.93. The van der Waals surface area contributed by atoms with Gasteiger partial charge in [0.2, 0.25) is 5.91 Å². The van der Waals surface area contributed by atoms with Gasteiger partial charge in [-0.3, -0.25) is 10.1 Å². The van der Waals surface area contributed by atoms with E-state index in [0.29, 0.717) is 13.2 Å². The Hall–Kier alpha value is -1.75. The molecule has 1 amide bonds. The molecule has 0 heterocycles. The normalized spacial score (nSPS) is 13.4. The zero-order valence-electron chi connectivity index (χ0n) is 13.5. The maximum absolute atomic E-state index is 11.6. The number of hydrogen-bond acceptors (Lipinski definition) is 4. The standard InChI is InChI=1S/C16H26N2O3/c1-6-20-14-9-8-13(10-15(14)21-7-2)11(3)18-12(4)16(19)17-5/h8-12,18H,6-7H2,1-5H3,(H,17,19)/t11-,12+/m0/s1. The van der Waals surface area contributed by atoms with Crippen molar-refractivity contribution < 1.29 is 14.3 Å². The van der Waals surface area contributed by atoms with Crippen LogP contribution in [0.1, 0.15) is 39.3 Å². The van der Waals surface area contributed by atoms with Crippen LogP contribution in [0.5, 0.6) is 11.5 Å². The number of nitrogens with one attached hydrogen (secondary N) is 2. The highest BCUT2D eigenvalue weighted by atomic mass is 16.5. The van der Waals surface area contributed by atoms with E-state index in [-0.39, 0.29) is 18.0 Å². The third-order valence-electron chi connectivity index (χ3n) is 3.21. The second kappa shape index (κ2) is 8.52. The Kier molecular flexibility index (Phi) is 7.02. The lowest BCUT2D eigenvalue weighted by atomic mass is 10.1. The van der Waals surface area contributed by atoms with Gasteiger partial charge in [0, 0.05) is 13.1 Å². The van der Waals surface area contributed by atoms with Crippen LogP contribution in [0.15, 0.2) is 18.2 Å². The maximum Gasteiger partial charge on any atom is 0.236 e. The summed E-state index contributed by atoms with van der Waals surface area (Å²) in [6.07, 6.45) is 0. The number of carbonyl (C=O) groups is 1. The van der Waals surface area contributed by atoms with Crippen LogP contribution in [0.2, 0.25) is 0 Å². The molecule has 0 unspecified atom stereocenters.